The van der Waals surface area contributed by atoms with Crippen LogP contribution in [0.3, 0.4) is 0 Å². The second-order valence-corrected chi connectivity index (χ2v) is 4.61. The normalized spacial score (nSPS) is 15.6. The summed E-state index contributed by atoms with van der Waals surface area (Å²) in [4.78, 5) is 26.5. The Kier molecular flexibility index (Phi) is 4.33. The zero-order valence-electron chi connectivity index (χ0n) is 10.4. The van der Waals surface area contributed by atoms with Crippen molar-refractivity contribution in [2.24, 2.45) is 5.92 Å². The molecule has 1 aromatic heterocycles. The summed E-state index contributed by atoms with van der Waals surface area (Å²) >= 11 is 0. The molecule has 1 aliphatic rings. The number of amides is 1. The molecule has 0 radical (unpaired) electrons. The number of aromatic nitrogens is 1. The molecule has 2 rings (SSSR count). The molecule has 1 aromatic rings. The van der Waals surface area contributed by atoms with E-state index in [2.05, 4.69) is 10.3 Å². The number of carbonyl (C=O) groups is 2. The number of carboxylic acids is 1. The van der Waals surface area contributed by atoms with E-state index in [-0.39, 0.29) is 6.61 Å². The van der Waals surface area contributed by atoms with Gasteiger partial charge in [0.1, 0.15) is 12.6 Å². The highest BCUT2D eigenvalue weighted by Crippen LogP contribution is 2.33. The van der Waals surface area contributed by atoms with Gasteiger partial charge < -0.3 is 15.2 Å². The van der Waals surface area contributed by atoms with Crippen LogP contribution in [0.25, 0.3) is 0 Å². The summed E-state index contributed by atoms with van der Waals surface area (Å²) in [6.07, 6.45) is 3.42. The van der Waals surface area contributed by atoms with Gasteiger partial charge in [-0.1, -0.05) is 18.9 Å². The van der Waals surface area contributed by atoms with Crippen molar-refractivity contribution >= 4 is 12.1 Å². The lowest BCUT2D eigenvalue weighted by atomic mass is 10.1. The van der Waals surface area contributed by atoms with E-state index in [0.717, 1.165) is 12.8 Å². The predicted molar refractivity (Wildman–Crippen MR) is 66.3 cm³/mol. The van der Waals surface area contributed by atoms with E-state index in [1.807, 2.05) is 0 Å². The fraction of sp³-hybridized carbons (Fsp3) is 0.462. The fourth-order valence-electron chi connectivity index (χ4n) is 1.72. The van der Waals surface area contributed by atoms with Gasteiger partial charge >= 0.3 is 12.1 Å². The highest BCUT2D eigenvalue weighted by atomic mass is 16.5. The Morgan fingerprint density at radius 2 is 2.26 bits per heavy atom. The Morgan fingerprint density at radius 1 is 1.47 bits per heavy atom. The molecule has 1 saturated carbocycles. The van der Waals surface area contributed by atoms with E-state index in [4.69, 9.17) is 9.84 Å². The summed E-state index contributed by atoms with van der Waals surface area (Å²) in [5, 5.41) is 11.4. The topological polar surface area (TPSA) is 88.5 Å². The van der Waals surface area contributed by atoms with Crippen LogP contribution in [0.15, 0.2) is 24.4 Å². The van der Waals surface area contributed by atoms with Crippen LogP contribution in [0.2, 0.25) is 0 Å². The quantitative estimate of drug-likeness (QED) is 0.814. The van der Waals surface area contributed by atoms with Gasteiger partial charge in [-0.15, -0.1) is 0 Å². The van der Waals surface area contributed by atoms with Gasteiger partial charge in [0.2, 0.25) is 0 Å². The molecule has 6 nitrogen and oxygen atoms in total. The number of hydrogen-bond donors (Lipinski definition) is 2. The molecule has 6 heteroatoms. The Hall–Kier alpha value is -2.11. The van der Waals surface area contributed by atoms with Crippen LogP contribution in [-0.2, 0) is 16.1 Å². The van der Waals surface area contributed by atoms with Crippen LogP contribution >= 0.6 is 0 Å². The minimum Gasteiger partial charge on any atom is -0.480 e. The average molecular weight is 264 g/mol. The van der Waals surface area contributed by atoms with Gasteiger partial charge in [0.25, 0.3) is 0 Å². The van der Waals surface area contributed by atoms with Crippen molar-refractivity contribution in [2.75, 3.05) is 0 Å². The number of carbonyl (C=O) groups excluding carboxylic acids is 1. The zero-order chi connectivity index (χ0) is 13.7. The maximum absolute atomic E-state index is 11.5. The lowest BCUT2D eigenvalue weighted by Gasteiger charge is -2.13. The van der Waals surface area contributed by atoms with E-state index in [1.54, 1.807) is 24.4 Å². The van der Waals surface area contributed by atoms with Crippen molar-refractivity contribution in [3.63, 3.8) is 0 Å². The minimum absolute atomic E-state index is 0.0302. The molecule has 2 N–H and O–H groups in total. The fourth-order valence-corrected chi connectivity index (χ4v) is 1.72. The smallest absolute Gasteiger partial charge is 0.408 e. The molecule has 19 heavy (non-hydrogen) atoms. The number of hydrogen-bond acceptors (Lipinski definition) is 4. The van der Waals surface area contributed by atoms with Gasteiger partial charge in [-0.05, 0) is 24.5 Å². The van der Waals surface area contributed by atoms with E-state index < -0.39 is 18.1 Å². The van der Waals surface area contributed by atoms with Crippen LogP contribution in [-0.4, -0.2) is 28.2 Å². The minimum atomic E-state index is -1.03. The van der Waals surface area contributed by atoms with Crippen LogP contribution in [0.1, 0.15) is 25.0 Å². The molecular weight excluding hydrogens is 248 g/mol. The lowest BCUT2D eigenvalue weighted by Crippen LogP contribution is -2.41. The van der Waals surface area contributed by atoms with Crippen LogP contribution in [0.5, 0.6) is 0 Å². The number of pyridine rings is 1. The molecule has 0 aromatic carbocycles. The van der Waals surface area contributed by atoms with Gasteiger partial charge in [-0.25, -0.2) is 9.59 Å². The molecule has 1 atom stereocenters. The summed E-state index contributed by atoms with van der Waals surface area (Å²) in [6.45, 7) is 0.0302. The molecule has 0 unspecified atom stereocenters. The van der Waals surface area contributed by atoms with Crippen molar-refractivity contribution in [1.82, 2.24) is 10.3 Å². The number of aliphatic carboxylic acids is 1. The Labute approximate surface area is 110 Å². The van der Waals surface area contributed by atoms with E-state index in [9.17, 15) is 9.59 Å². The molecule has 0 saturated heterocycles. The first kappa shape index (κ1) is 13.3. The molecule has 1 fully saturated rings. The Bertz CT molecular complexity index is 445. The molecule has 1 amide bonds. The zero-order valence-corrected chi connectivity index (χ0v) is 10.4. The van der Waals surface area contributed by atoms with E-state index >= 15 is 0 Å². The Balaban J connectivity index is 1.77. The second kappa shape index (κ2) is 6.17. The van der Waals surface area contributed by atoms with Crippen LogP contribution < -0.4 is 5.32 Å². The standard InChI is InChI=1S/C13H16N2O4/c16-12(17)11(7-9-4-5-9)15-13(18)19-8-10-3-1-2-6-14-10/h1-3,6,9,11H,4-5,7-8H2,(H,15,18)(H,16,17)/t11-/m0/s1. The summed E-state index contributed by atoms with van der Waals surface area (Å²) < 4.78 is 4.93. The van der Waals surface area contributed by atoms with Crippen molar-refractivity contribution in [3.05, 3.63) is 30.1 Å². The summed E-state index contributed by atoms with van der Waals surface area (Å²) in [5.41, 5.74) is 0.617. The van der Waals surface area contributed by atoms with Crippen molar-refractivity contribution in [3.8, 4) is 0 Å². The number of nitrogens with zero attached hydrogens (tertiary/aromatic N) is 1. The van der Waals surface area contributed by atoms with Gasteiger partial charge in [-0.3, -0.25) is 4.98 Å². The first-order chi connectivity index (χ1) is 9.15. The van der Waals surface area contributed by atoms with E-state index in [0.29, 0.717) is 18.0 Å². The summed E-state index contributed by atoms with van der Waals surface area (Å²) in [7, 11) is 0. The van der Waals surface area contributed by atoms with Crippen molar-refractivity contribution < 1.29 is 19.4 Å². The maximum atomic E-state index is 11.5. The third-order valence-corrected chi connectivity index (χ3v) is 2.93. The van der Waals surface area contributed by atoms with Crippen LogP contribution in [0.4, 0.5) is 4.79 Å². The molecular formula is C13H16N2O4. The number of rotatable bonds is 6. The van der Waals surface area contributed by atoms with Crippen molar-refractivity contribution in [1.29, 1.82) is 0 Å². The monoisotopic (exact) mass is 264 g/mol. The number of nitrogens with one attached hydrogen (secondary N) is 1. The first-order valence-electron chi connectivity index (χ1n) is 6.21. The highest BCUT2D eigenvalue weighted by molar-refractivity contribution is 5.79. The Morgan fingerprint density at radius 3 is 2.84 bits per heavy atom. The first-order valence-corrected chi connectivity index (χ1v) is 6.21. The third-order valence-electron chi connectivity index (χ3n) is 2.93. The highest BCUT2D eigenvalue weighted by Gasteiger charge is 2.30. The SMILES string of the molecule is O=C(N[C@@H](CC1CC1)C(=O)O)OCc1ccccn1. The molecule has 1 heterocycles. The number of carboxylic acid groups (broad SMARTS) is 1. The molecule has 0 bridgehead atoms. The largest absolute Gasteiger partial charge is 0.480 e. The van der Waals surface area contributed by atoms with Crippen LogP contribution in [0, 0.1) is 5.92 Å². The van der Waals surface area contributed by atoms with E-state index in [1.165, 1.54) is 0 Å². The molecule has 102 valence electrons. The predicted octanol–water partition coefficient (Wildman–Crippen LogP) is 1.56. The molecule has 0 aliphatic heterocycles. The van der Waals surface area contributed by atoms with Crippen molar-refractivity contribution in [2.45, 2.75) is 31.9 Å². The van der Waals surface area contributed by atoms with Gasteiger partial charge in [0.15, 0.2) is 0 Å². The van der Waals surface area contributed by atoms with Gasteiger partial charge in [-0.2, -0.15) is 0 Å². The third kappa shape index (κ3) is 4.57. The van der Waals surface area contributed by atoms with Gasteiger partial charge in [0, 0.05) is 6.20 Å². The molecule has 0 spiro atoms. The summed E-state index contributed by atoms with van der Waals surface area (Å²) in [5.74, 6) is -0.612. The number of alkyl carbamates (subject to hydrolysis) is 1. The molecule has 1 aliphatic carbocycles. The number of ether oxygens (including phenoxy) is 1. The lowest BCUT2D eigenvalue weighted by molar-refractivity contribution is -0.139. The maximum Gasteiger partial charge on any atom is 0.408 e. The van der Waals surface area contributed by atoms with Gasteiger partial charge in [0.05, 0.1) is 5.69 Å². The average Bonchev–Trinajstić information content (AvgIpc) is 3.21. The summed E-state index contributed by atoms with van der Waals surface area (Å²) in [6, 6.07) is 4.41. The second-order valence-electron chi connectivity index (χ2n) is 4.61.